The minimum Gasteiger partial charge on any atom is -0.361 e. The molecule has 4 rings (SSSR count). The molecule has 1 aromatic carbocycles. The number of thiocarbonyl (C=S) groups is 1. The zero-order valence-electron chi connectivity index (χ0n) is 17.6. The van der Waals surface area contributed by atoms with Gasteiger partial charge in [0.1, 0.15) is 5.92 Å². The normalized spacial score (nSPS) is 17.9. The maximum absolute atomic E-state index is 12.8. The summed E-state index contributed by atoms with van der Waals surface area (Å²) in [5.74, 6) is -0.340. The second kappa shape index (κ2) is 10.4. The Labute approximate surface area is 201 Å². The van der Waals surface area contributed by atoms with Crippen LogP contribution in [0.5, 0.6) is 0 Å². The van der Waals surface area contributed by atoms with Gasteiger partial charge >= 0.3 is 0 Å². The highest BCUT2D eigenvalue weighted by atomic mass is 79.9. The SMILES string of the molecule is O=C(CCCCCN1C(=O)C2C=C(Br)C=CC2=NC1=S)NCCc1c[nH]c2ccccc12. The summed E-state index contributed by atoms with van der Waals surface area (Å²) in [6.45, 7) is 1.15. The molecule has 1 atom stereocenters. The van der Waals surface area contributed by atoms with Gasteiger partial charge in [-0.2, -0.15) is 0 Å². The van der Waals surface area contributed by atoms with E-state index in [1.807, 2.05) is 36.6 Å². The molecule has 1 aromatic heterocycles. The summed E-state index contributed by atoms with van der Waals surface area (Å²) >= 11 is 8.73. The van der Waals surface area contributed by atoms with E-state index in [0.29, 0.717) is 30.3 Å². The predicted molar refractivity (Wildman–Crippen MR) is 135 cm³/mol. The first kappa shape index (κ1) is 22.6. The van der Waals surface area contributed by atoms with Crippen molar-refractivity contribution in [3.8, 4) is 0 Å². The zero-order chi connectivity index (χ0) is 22.5. The van der Waals surface area contributed by atoms with Gasteiger partial charge in [-0.25, -0.2) is 4.99 Å². The Balaban J connectivity index is 1.15. The van der Waals surface area contributed by atoms with Crippen molar-refractivity contribution in [3.05, 3.63) is 58.7 Å². The van der Waals surface area contributed by atoms with Gasteiger partial charge in [0.05, 0.1) is 5.71 Å². The maximum atomic E-state index is 12.8. The van der Waals surface area contributed by atoms with E-state index in [2.05, 4.69) is 43.4 Å². The summed E-state index contributed by atoms with van der Waals surface area (Å²) in [4.78, 5) is 34.2. The first-order chi connectivity index (χ1) is 15.5. The molecule has 2 amide bonds. The molecule has 8 heteroatoms. The third-order valence-corrected chi connectivity index (χ3v) is 6.56. The van der Waals surface area contributed by atoms with Crippen molar-refractivity contribution in [2.24, 2.45) is 10.9 Å². The number of halogens is 1. The van der Waals surface area contributed by atoms with E-state index >= 15 is 0 Å². The van der Waals surface area contributed by atoms with Crippen LogP contribution in [-0.4, -0.2) is 45.6 Å². The summed E-state index contributed by atoms with van der Waals surface area (Å²) in [6.07, 6.45) is 11.3. The number of carbonyl (C=O) groups is 2. The van der Waals surface area contributed by atoms with E-state index < -0.39 is 0 Å². The first-order valence-electron chi connectivity index (χ1n) is 10.8. The fourth-order valence-corrected chi connectivity index (χ4v) is 4.69. The van der Waals surface area contributed by atoms with Gasteiger partial charge in [0.2, 0.25) is 16.9 Å². The number of aromatic amines is 1. The number of para-hydroxylation sites is 1. The maximum Gasteiger partial charge on any atom is 0.241 e. The van der Waals surface area contributed by atoms with Crippen molar-refractivity contribution in [3.63, 3.8) is 0 Å². The van der Waals surface area contributed by atoms with Crippen molar-refractivity contribution < 1.29 is 9.59 Å². The summed E-state index contributed by atoms with van der Waals surface area (Å²) in [7, 11) is 0. The number of allylic oxidation sites excluding steroid dienone is 3. The number of aromatic nitrogens is 1. The number of benzene rings is 1. The van der Waals surface area contributed by atoms with E-state index in [-0.39, 0.29) is 17.7 Å². The molecule has 2 N–H and O–H groups in total. The Kier molecular flexibility index (Phi) is 7.32. The third-order valence-electron chi connectivity index (χ3n) is 5.72. The molecule has 0 spiro atoms. The van der Waals surface area contributed by atoms with Gasteiger partial charge in [-0.3, -0.25) is 14.5 Å². The molecular formula is C24H25BrN4O2S. The van der Waals surface area contributed by atoms with Crippen LogP contribution in [0.3, 0.4) is 0 Å². The molecule has 0 saturated carbocycles. The van der Waals surface area contributed by atoms with Crippen molar-refractivity contribution >= 4 is 61.7 Å². The molecular weight excluding hydrogens is 488 g/mol. The lowest BCUT2D eigenvalue weighted by atomic mass is 9.95. The molecule has 1 unspecified atom stereocenters. The van der Waals surface area contributed by atoms with Gasteiger partial charge in [-0.1, -0.05) is 46.6 Å². The molecule has 1 aliphatic heterocycles. The quantitative estimate of drug-likeness (QED) is 0.385. The molecule has 2 aliphatic rings. The summed E-state index contributed by atoms with van der Waals surface area (Å²) < 4.78 is 0.873. The number of amides is 2. The van der Waals surface area contributed by atoms with Crippen LogP contribution >= 0.6 is 28.1 Å². The molecule has 166 valence electrons. The lowest BCUT2D eigenvalue weighted by Crippen LogP contribution is -2.46. The number of aliphatic imine (C=N–C) groups is 1. The van der Waals surface area contributed by atoms with Crippen LogP contribution in [0.25, 0.3) is 10.9 Å². The van der Waals surface area contributed by atoms with Crippen molar-refractivity contribution in [1.82, 2.24) is 15.2 Å². The van der Waals surface area contributed by atoms with Crippen LogP contribution in [0.2, 0.25) is 0 Å². The zero-order valence-corrected chi connectivity index (χ0v) is 20.0. The van der Waals surface area contributed by atoms with Crippen molar-refractivity contribution in [1.29, 1.82) is 0 Å². The largest absolute Gasteiger partial charge is 0.361 e. The molecule has 32 heavy (non-hydrogen) atoms. The Morgan fingerprint density at radius 2 is 2.06 bits per heavy atom. The fourth-order valence-electron chi connectivity index (χ4n) is 4.01. The number of nitrogens with one attached hydrogen (secondary N) is 2. The standard InChI is InChI=1S/C24H25BrN4O2S/c25-17-9-10-21-19(14-17)23(31)29(24(32)28-21)13-5-1-2-8-22(30)26-12-11-16-15-27-20-7-4-3-6-18(16)20/h3-4,6-7,9-10,14-15,19,27H,1-2,5,8,11-13H2,(H,26,30). The van der Waals surface area contributed by atoms with Gasteiger partial charge in [-0.15, -0.1) is 0 Å². The monoisotopic (exact) mass is 512 g/mol. The average Bonchev–Trinajstić information content (AvgIpc) is 3.19. The van der Waals surface area contributed by atoms with Crippen LogP contribution in [-0.2, 0) is 16.0 Å². The van der Waals surface area contributed by atoms with E-state index in [0.717, 1.165) is 35.7 Å². The number of H-pyrrole nitrogens is 1. The van der Waals surface area contributed by atoms with E-state index in [1.54, 1.807) is 4.90 Å². The number of fused-ring (bicyclic) bond motifs is 2. The minimum atomic E-state index is -0.371. The number of nitrogens with zero attached hydrogens (tertiary/aromatic N) is 2. The molecule has 0 radical (unpaired) electrons. The van der Waals surface area contributed by atoms with Crippen LogP contribution in [0, 0.1) is 5.92 Å². The molecule has 0 bridgehead atoms. The molecule has 1 aliphatic carbocycles. The number of carbonyl (C=O) groups excluding carboxylic acids is 2. The van der Waals surface area contributed by atoms with Crippen LogP contribution in [0.1, 0.15) is 31.2 Å². The predicted octanol–water partition coefficient (Wildman–Crippen LogP) is 4.42. The van der Waals surface area contributed by atoms with Crippen LogP contribution in [0.4, 0.5) is 0 Å². The van der Waals surface area contributed by atoms with Crippen molar-refractivity contribution in [2.75, 3.05) is 13.1 Å². The number of rotatable bonds is 9. The highest BCUT2D eigenvalue weighted by molar-refractivity contribution is 9.11. The Morgan fingerprint density at radius 3 is 2.94 bits per heavy atom. The molecule has 2 aromatic rings. The van der Waals surface area contributed by atoms with E-state index in [9.17, 15) is 9.59 Å². The van der Waals surface area contributed by atoms with Crippen molar-refractivity contribution in [2.45, 2.75) is 32.1 Å². The molecule has 6 nitrogen and oxygen atoms in total. The first-order valence-corrected chi connectivity index (χ1v) is 12.0. The lowest BCUT2D eigenvalue weighted by Gasteiger charge is -2.30. The third kappa shape index (κ3) is 5.24. The second-order valence-electron chi connectivity index (χ2n) is 7.94. The molecule has 0 fully saturated rings. The second-order valence-corrected chi connectivity index (χ2v) is 9.22. The highest BCUT2D eigenvalue weighted by Crippen LogP contribution is 2.25. The van der Waals surface area contributed by atoms with Crippen LogP contribution < -0.4 is 5.32 Å². The molecule has 0 saturated heterocycles. The summed E-state index contributed by atoms with van der Waals surface area (Å²) in [6, 6.07) is 8.17. The van der Waals surface area contributed by atoms with E-state index in [4.69, 9.17) is 12.2 Å². The van der Waals surface area contributed by atoms with Crippen LogP contribution in [0.15, 0.2) is 58.2 Å². The topological polar surface area (TPSA) is 77.6 Å². The smallest absolute Gasteiger partial charge is 0.241 e. The number of hydrogen-bond acceptors (Lipinski definition) is 3. The van der Waals surface area contributed by atoms with Gasteiger partial charge in [0.25, 0.3) is 0 Å². The lowest BCUT2D eigenvalue weighted by molar-refractivity contribution is -0.128. The highest BCUT2D eigenvalue weighted by Gasteiger charge is 2.34. The summed E-state index contributed by atoms with van der Waals surface area (Å²) in [5, 5.41) is 4.53. The summed E-state index contributed by atoms with van der Waals surface area (Å²) in [5.41, 5.74) is 3.03. The Bertz CT molecular complexity index is 1130. The van der Waals surface area contributed by atoms with Gasteiger partial charge in [-0.05, 0) is 55.3 Å². The van der Waals surface area contributed by atoms with Gasteiger partial charge < -0.3 is 10.3 Å². The minimum absolute atomic E-state index is 0.0312. The van der Waals surface area contributed by atoms with E-state index in [1.165, 1.54) is 10.9 Å². The Hall–Kier alpha value is -2.58. The number of unbranched alkanes of at least 4 members (excludes halogenated alkanes) is 2. The average molecular weight is 513 g/mol. The molecule has 2 heterocycles. The Morgan fingerprint density at radius 1 is 1.22 bits per heavy atom. The fraction of sp³-hybridized carbons (Fsp3) is 0.333. The van der Waals surface area contributed by atoms with Gasteiger partial charge in [0, 0.05) is 41.1 Å². The van der Waals surface area contributed by atoms with Gasteiger partial charge in [0.15, 0.2) is 0 Å². The number of hydrogen-bond donors (Lipinski definition) is 2.